The highest BCUT2D eigenvalue weighted by Crippen LogP contribution is 2.30. The average Bonchev–Trinajstić information content (AvgIpc) is 2.83. The second-order valence-corrected chi connectivity index (χ2v) is 8.41. The normalized spacial score (nSPS) is 20.8. The third-order valence-corrected chi connectivity index (χ3v) is 6.90. The Kier molecular flexibility index (Phi) is 4.84. The molecule has 6 nitrogen and oxygen atoms in total. The van der Waals surface area contributed by atoms with Crippen molar-refractivity contribution in [3.8, 4) is 0 Å². The first-order valence-corrected chi connectivity index (χ1v) is 10.4. The molecule has 1 saturated heterocycles. The quantitative estimate of drug-likeness (QED) is 0.876. The highest BCUT2D eigenvalue weighted by molar-refractivity contribution is 7.20. The van der Waals surface area contributed by atoms with Gasteiger partial charge in [-0.2, -0.15) is 0 Å². The summed E-state index contributed by atoms with van der Waals surface area (Å²) in [6, 6.07) is 0.349. The zero-order valence-corrected chi connectivity index (χ0v) is 16.3. The molecule has 4 heterocycles. The molecule has 140 valence electrons. The van der Waals surface area contributed by atoms with Gasteiger partial charge in [0.1, 0.15) is 10.7 Å². The van der Waals surface area contributed by atoms with E-state index in [0.29, 0.717) is 16.3 Å². The van der Waals surface area contributed by atoms with Gasteiger partial charge in [0.2, 0.25) is 0 Å². The first kappa shape index (κ1) is 17.7. The number of piperidine rings is 1. The number of nitrogens with one attached hydrogen (secondary N) is 1. The van der Waals surface area contributed by atoms with Crippen LogP contribution in [0.4, 0.5) is 0 Å². The maximum atomic E-state index is 13.1. The number of aryl methyl sites for hydroxylation is 2. The Morgan fingerprint density at radius 2 is 2.08 bits per heavy atom. The molecular weight excluding hydrogens is 348 g/mol. The van der Waals surface area contributed by atoms with Gasteiger partial charge in [0, 0.05) is 32.1 Å². The number of likely N-dealkylation sites (N-methyl/N-ethyl adjacent to an activating group) is 1. The van der Waals surface area contributed by atoms with Crippen molar-refractivity contribution >= 4 is 27.5 Å². The minimum Gasteiger partial charge on any atom is -0.336 e. The van der Waals surface area contributed by atoms with Crippen LogP contribution in [0, 0.1) is 6.92 Å². The maximum Gasteiger partial charge on any atom is 0.264 e. The molecule has 0 spiro atoms. The SMILES string of the molecule is CNC1CCCN(C(=O)c2sc3nc4n(c(=O)c3c2C)CCCCC4)C1. The number of hydrogen-bond acceptors (Lipinski definition) is 5. The van der Waals surface area contributed by atoms with Crippen LogP contribution in [-0.4, -0.2) is 46.5 Å². The number of carbonyl (C=O) groups excluding carboxylic acids is 1. The van der Waals surface area contributed by atoms with Crippen LogP contribution in [0.15, 0.2) is 4.79 Å². The zero-order valence-electron chi connectivity index (χ0n) is 15.5. The minimum atomic E-state index is 0.0337. The molecule has 2 aromatic heterocycles. The molecule has 0 saturated carbocycles. The van der Waals surface area contributed by atoms with Crippen LogP contribution in [0.3, 0.4) is 0 Å². The summed E-state index contributed by atoms with van der Waals surface area (Å²) in [4.78, 5) is 34.3. The van der Waals surface area contributed by atoms with Crippen LogP contribution in [0.2, 0.25) is 0 Å². The van der Waals surface area contributed by atoms with Gasteiger partial charge in [0.25, 0.3) is 11.5 Å². The minimum absolute atomic E-state index is 0.0337. The first-order chi connectivity index (χ1) is 12.6. The van der Waals surface area contributed by atoms with Gasteiger partial charge in [-0.1, -0.05) is 6.42 Å². The Labute approximate surface area is 157 Å². The number of fused-ring (bicyclic) bond motifs is 2. The third-order valence-electron chi connectivity index (χ3n) is 5.72. The molecule has 0 radical (unpaired) electrons. The van der Waals surface area contributed by atoms with Gasteiger partial charge in [0.15, 0.2) is 0 Å². The van der Waals surface area contributed by atoms with Gasteiger partial charge < -0.3 is 10.2 Å². The average molecular weight is 375 g/mol. The first-order valence-electron chi connectivity index (χ1n) is 9.59. The van der Waals surface area contributed by atoms with E-state index < -0.39 is 0 Å². The fraction of sp³-hybridized carbons (Fsp3) is 0.632. The van der Waals surface area contributed by atoms with Crippen LogP contribution >= 0.6 is 11.3 Å². The van der Waals surface area contributed by atoms with Crippen LogP contribution < -0.4 is 10.9 Å². The van der Waals surface area contributed by atoms with E-state index in [9.17, 15) is 9.59 Å². The molecule has 26 heavy (non-hydrogen) atoms. The van der Waals surface area contributed by atoms with E-state index in [2.05, 4.69) is 5.32 Å². The molecule has 2 aromatic rings. The number of rotatable bonds is 2. The van der Waals surface area contributed by atoms with Crippen molar-refractivity contribution in [2.24, 2.45) is 0 Å². The van der Waals surface area contributed by atoms with Gasteiger partial charge >= 0.3 is 0 Å². The molecule has 0 aromatic carbocycles. The Morgan fingerprint density at radius 3 is 2.88 bits per heavy atom. The fourth-order valence-electron chi connectivity index (χ4n) is 4.15. The number of hydrogen-bond donors (Lipinski definition) is 1. The predicted octanol–water partition coefficient (Wildman–Crippen LogP) is 2.32. The number of amides is 1. The zero-order chi connectivity index (χ0) is 18.3. The lowest BCUT2D eigenvalue weighted by atomic mass is 10.1. The number of thiophene rings is 1. The molecule has 2 aliphatic rings. The standard InChI is InChI=1S/C19H26N4O2S/c1-12-15-17(21-14-8-4-3-5-10-23(14)18(15)24)26-16(12)19(25)22-9-6-7-13(11-22)20-2/h13,20H,3-11H2,1-2H3. The van der Waals surface area contributed by atoms with Gasteiger partial charge in [-0.05, 0) is 45.2 Å². The fourth-order valence-corrected chi connectivity index (χ4v) is 5.31. The topological polar surface area (TPSA) is 67.2 Å². The summed E-state index contributed by atoms with van der Waals surface area (Å²) in [7, 11) is 1.95. The van der Waals surface area contributed by atoms with E-state index in [1.807, 2.05) is 23.4 Å². The van der Waals surface area contributed by atoms with Crippen molar-refractivity contribution in [3.05, 3.63) is 26.6 Å². The van der Waals surface area contributed by atoms with E-state index in [1.165, 1.54) is 11.3 Å². The maximum absolute atomic E-state index is 13.1. The number of nitrogens with zero attached hydrogens (tertiary/aromatic N) is 3. The summed E-state index contributed by atoms with van der Waals surface area (Å²) in [5.74, 6) is 0.929. The smallest absolute Gasteiger partial charge is 0.264 e. The van der Waals surface area contributed by atoms with Crippen molar-refractivity contribution in [1.29, 1.82) is 0 Å². The predicted molar refractivity (Wildman–Crippen MR) is 104 cm³/mol. The summed E-state index contributed by atoms with van der Waals surface area (Å²) in [5, 5.41) is 3.92. The second kappa shape index (κ2) is 7.12. The molecule has 2 aliphatic heterocycles. The molecule has 1 amide bonds. The van der Waals surface area contributed by atoms with Gasteiger partial charge in [-0.3, -0.25) is 14.2 Å². The van der Waals surface area contributed by atoms with E-state index in [0.717, 1.165) is 74.4 Å². The van der Waals surface area contributed by atoms with Crippen molar-refractivity contribution in [2.45, 2.75) is 58.0 Å². The number of aromatic nitrogens is 2. The molecule has 1 unspecified atom stereocenters. The number of likely N-dealkylation sites (tertiary alicyclic amines) is 1. The molecule has 7 heteroatoms. The van der Waals surface area contributed by atoms with E-state index in [4.69, 9.17) is 4.98 Å². The Hall–Kier alpha value is -1.73. The third kappa shape index (κ3) is 2.97. The van der Waals surface area contributed by atoms with Gasteiger partial charge in [0.05, 0.1) is 10.3 Å². The van der Waals surface area contributed by atoms with Gasteiger partial charge in [-0.15, -0.1) is 11.3 Å². The Morgan fingerprint density at radius 1 is 1.23 bits per heavy atom. The van der Waals surface area contributed by atoms with E-state index in [-0.39, 0.29) is 11.5 Å². The number of carbonyl (C=O) groups is 1. The highest BCUT2D eigenvalue weighted by atomic mass is 32.1. The molecule has 4 rings (SSSR count). The van der Waals surface area contributed by atoms with Crippen molar-refractivity contribution < 1.29 is 4.79 Å². The lowest BCUT2D eigenvalue weighted by Crippen LogP contribution is -2.46. The van der Waals surface area contributed by atoms with Crippen LogP contribution in [0.25, 0.3) is 10.2 Å². The molecule has 0 bridgehead atoms. The summed E-state index contributed by atoms with van der Waals surface area (Å²) in [6.45, 7) is 4.16. The Balaban J connectivity index is 1.75. The lowest BCUT2D eigenvalue weighted by molar-refractivity contribution is 0.0702. The molecule has 1 atom stereocenters. The summed E-state index contributed by atoms with van der Waals surface area (Å²) in [5.41, 5.74) is 0.838. The highest BCUT2D eigenvalue weighted by Gasteiger charge is 2.28. The Bertz CT molecular complexity index is 901. The largest absolute Gasteiger partial charge is 0.336 e. The van der Waals surface area contributed by atoms with Crippen LogP contribution in [0.5, 0.6) is 0 Å². The van der Waals surface area contributed by atoms with Crippen molar-refractivity contribution in [1.82, 2.24) is 19.8 Å². The monoisotopic (exact) mass is 374 g/mol. The molecule has 1 fully saturated rings. The van der Waals surface area contributed by atoms with Crippen molar-refractivity contribution in [3.63, 3.8) is 0 Å². The summed E-state index contributed by atoms with van der Waals surface area (Å²) >= 11 is 1.39. The van der Waals surface area contributed by atoms with Gasteiger partial charge in [-0.25, -0.2) is 4.98 Å². The van der Waals surface area contributed by atoms with E-state index >= 15 is 0 Å². The van der Waals surface area contributed by atoms with Crippen molar-refractivity contribution in [2.75, 3.05) is 20.1 Å². The summed E-state index contributed by atoms with van der Waals surface area (Å²) < 4.78 is 1.83. The molecule has 1 N–H and O–H groups in total. The lowest BCUT2D eigenvalue weighted by Gasteiger charge is -2.32. The molecular formula is C19H26N4O2S. The summed E-state index contributed by atoms with van der Waals surface area (Å²) in [6.07, 6.45) is 6.20. The van der Waals surface area contributed by atoms with Crippen LogP contribution in [-0.2, 0) is 13.0 Å². The second-order valence-electron chi connectivity index (χ2n) is 7.41. The molecule has 0 aliphatic carbocycles. The van der Waals surface area contributed by atoms with E-state index in [1.54, 1.807) is 0 Å². The van der Waals surface area contributed by atoms with Crippen LogP contribution in [0.1, 0.15) is 53.2 Å².